The highest BCUT2D eigenvalue weighted by molar-refractivity contribution is 6.30. The maximum Gasteiger partial charge on any atom is 0.146 e. The van der Waals surface area contributed by atoms with E-state index in [0.717, 1.165) is 13.1 Å². The van der Waals surface area contributed by atoms with Crippen LogP contribution in [0.3, 0.4) is 0 Å². The summed E-state index contributed by atoms with van der Waals surface area (Å²) in [4.78, 5) is 2.17. The van der Waals surface area contributed by atoms with Gasteiger partial charge in [0, 0.05) is 38.9 Å². The molecule has 1 aromatic carbocycles. The minimum absolute atomic E-state index is 0.128. The fourth-order valence-corrected chi connectivity index (χ4v) is 3.15. The zero-order chi connectivity index (χ0) is 15.5. The van der Waals surface area contributed by atoms with Gasteiger partial charge in [-0.3, -0.25) is 4.90 Å². The number of hydrogen-bond donors (Lipinski definition) is 1. The molecule has 0 spiro atoms. The molecule has 0 bridgehead atoms. The van der Waals surface area contributed by atoms with Crippen LogP contribution in [0.1, 0.15) is 25.3 Å². The van der Waals surface area contributed by atoms with Gasteiger partial charge in [-0.05, 0) is 24.8 Å². The molecule has 5 heteroatoms. The summed E-state index contributed by atoms with van der Waals surface area (Å²) in [5.41, 5.74) is -0.0728. The smallest absolute Gasteiger partial charge is 0.146 e. The van der Waals surface area contributed by atoms with Crippen LogP contribution in [-0.4, -0.2) is 42.4 Å². The highest BCUT2D eigenvalue weighted by Gasteiger charge is 2.38. The maximum atomic E-state index is 13.9. The van der Waals surface area contributed by atoms with Crippen LogP contribution >= 0.6 is 11.6 Å². The van der Waals surface area contributed by atoms with Crippen molar-refractivity contribution in [2.45, 2.75) is 31.9 Å². The second-order valence-corrected chi connectivity index (χ2v) is 6.35. The Bertz CT molecular complexity index is 485. The van der Waals surface area contributed by atoms with Gasteiger partial charge in [0.2, 0.25) is 0 Å². The molecule has 21 heavy (non-hydrogen) atoms. The number of methoxy groups -OCH3 is 1. The normalized spacial score (nSPS) is 27.0. The van der Waals surface area contributed by atoms with E-state index in [-0.39, 0.29) is 16.8 Å². The molecular weight excluding hydrogens is 293 g/mol. The molecular formula is C16H23ClFNO2. The molecule has 118 valence electrons. The van der Waals surface area contributed by atoms with Gasteiger partial charge in [-0.1, -0.05) is 30.7 Å². The van der Waals surface area contributed by atoms with Crippen LogP contribution in [-0.2, 0) is 11.3 Å². The third-order valence-electron chi connectivity index (χ3n) is 4.47. The van der Waals surface area contributed by atoms with Crippen LogP contribution < -0.4 is 0 Å². The molecule has 0 aliphatic carbocycles. The Hall–Kier alpha value is -0.680. The summed E-state index contributed by atoms with van der Waals surface area (Å²) < 4.78 is 19.0. The number of hydrogen-bond acceptors (Lipinski definition) is 3. The Morgan fingerprint density at radius 3 is 2.95 bits per heavy atom. The predicted molar refractivity (Wildman–Crippen MR) is 81.9 cm³/mol. The van der Waals surface area contributed by atoms with Crippen LogP contribution in [0.25, 0.3) is 0 Å². The van der Waals surface area contributed by atoms with E-state index in [4.69, 9.17) is 16.3 Å². The first-order valence-corrected chi connectivity index (χ1v) is 7.70. The van der Waals surface area contributed by atoms with E-state index in [1.54, 1.807) is 25.3 Å². The first kappa shape index (κ1) is 16.7. The highest BCUT2D eigenvalue weighted by atomic mass is 35.5. The largest absolute Gasteiger partial charge is 0.389 e. The van der Waals surface area contributed by atoms with Gasteiger partial charge < -0.3 is 9.84 Å². The van der Waals surface area contributed by atoms with Crippen LogP contribution in [0.15, 0.2) is 18.2 Å². The quantitative estimate of drug-likeness (QED) is 0.906. The third-order valence-corrected chi connectivity index (χ3v) is 4.77. The molecule has 0 unspecified atom stereocenters. The van der Waals surface area contributed by atoms with E-state index in [0.29, 0.717) is 31.6 Å². The zero-order valence-electron chi connectivity index (χ0n) is 12.6. The molecule has 0 radical (unpaired) electrons. The Kier molecular flexibility index (Phi) is 5.60. The van der Waals surface area contributed by atoms with E-state index < -0.39 is 5.60 Å². The molecule has 1 N–H and O–H groups in total. The number of ether oxygens (including phenoxy) is 1. The van der Waals surface area contributed by atoms with Crippen LogP contribution in [0, 0.1) is 11.7 Å². The molecule has 2 rings (SSSR count). The van der Waals surface area contributed by atoms with Crippen molar-refractivity contribution < 1.29 is 14.2 Å². The molecule has 1 fully saturated rings. The average molecular weight is 316 g/mol. The van der Waals surface area contributed by atoms with Crippen LogP contribution in [0.5, 0.6) is 0 Å². The molecule has 1 aliphatic rings. The van der Waals surface area contributed by atoms with E-state index in [9.17, 15) is 9.50 Å². The zero-order valence-corrected chi connectivity index (χ0v) is 13.4. The lowest BCUT2D eigenvalue weighted by Gasteiger charge is -2.43. The van der Waals surface area contributed by atoms with Crippen molar-refractivity contribution in [1.82, 2.24) is 4.90 Å². The van der Waals surface area contributed by atoms with Crippen molar-refractivity contribution in [2.75, 3.05) is 26.8 Å². The van der Waals surface area contributed by atoms with Gasteiger partial charge in [0.25, 0.3) is 0 Å². The second-order valence-electron chi connectivity index (χ2n) is 5.95. The molecule has 0 aromatic heterocycles. The Morgan fingerprint density at radius 1 is 1.52 bits per heavy atom. The van der Waals surface area contributed by atoms with E-state index in [2.05, 4.69) is 4.90 Å². The lowest BCUT2D eigenvalue weighted by Crippen LogP contribution is -2.51. The fraction of sp³-hybridized carbons (Fsp3) is 0.625. The first-order chi connectivity index (χ1) is 9.96. The summed E-state index contributed by atoms with van der Waals surface area (Å²) >= 11 is 5.82. The van der Waals surface area contributed by atoms with Gasteiger partial charge in [0.05, 0.1) is 10.6 Å². The number of rotatable bonds is 5. The molecule has 1 aliphatic heterocycles. The van der Waals surface area contributed by atoms with Gasteiger partial charge in [0.1, 0.15) is 5.82 Å². The Labute approximate surface area is 130 Å². The van der Waals surface area contributed by atoms with Crippen LogP contribution in [0.4, 0.5) is 4.39 Å². The molecule has 3 nitrogen and oxygen atoms in total. The summed E-state index contributed by atoms with van der Waals surface area (Å²) in [6.45, 7) is 4.61. The lowest BCUT2D eigenvalue weighted by molar-refractivity contribution is -0.0828. The number of aliphatic hydroxyl groups is 1. The minimum atomic E-state index is -0.681. The van der Waals surface area contributed by atoms with Gasteiger partial charge in [-0.2, -0.15) is 0 Å². The number of nitrogens with zero attached hydrogens (tertiary/aromatic N) is 1. The maximum absolute atomic E-state index is 13.9. The standard InChI is InChI=1S/C16H23ClFNO2/c1-12-10-19(8-6-16(12,20)7-9-21-2)11-13-4-3-5-14(17)15(13)18/h3-5,12,20H,6-11H2,1-2H3/t12-,16-/m1/s1. The van der Waals surface area contributed by atoms with Crippen molar-refractivity contribution >= 4 is 11.6 Å². The molecule has 1 heterocycles. The highest BCUT2D eigenvalue weighted by Crippen LogP contribution is 2.32. The van der Waals surface area contributed by atoms with Crippen molar-refractivity contribution in [3.8, 4) is 0 Å². The minimum Gasteiger partial charge on any atom is -0.389 e. The van der Waals surface area contributed by atoms with Crippen molar-refractivity contribution in [1.29, 1.82) is 0 Å². The monoisotopic (exact) mass is 315 g/mol. The number of piperidine rings is 1. The number of halogens is 2. The SMILES string of the molecule is COCC[C@]1(O)CCN(Cc2cccc(Cl)c2F)C[C@H]1C. The second kappa shape index (κ2) is 7.05. The fourth-order valence-electron chi connectivity index (χ4n) is 2.95. The Balaban J connectivity index is 1.98. The molecule has 2 atom stereocenters. The molecule has 0 saturated carbocycles. The Morgan fingerprint density at radius 2 is 2.29 bits per heavy atom. The summed E-state index contributed by atoms with van der Waals surface area (Å²) in [5.74, 6) is -0.212. The van der Waals surface area contributed by atoms with E-state index in [1.807, 2.05) is 6.92 Å². The number of benzene rings is 1. The van der Waals surface area contributed by atoms with Gasteiger partial charge >= 0.3 is 0 Å². The molecule has 0 amide bonds. The van der Waals surface area contributed by atoms with E-state index >= 15 is 0 Å². The summed E-state index contributed by atoms with van der Waals surface area (Å²) in [6, 6.07) is 5.09. The van der Waals surface area contributed by atoms with Gasteiger partial charge in [-0.25, -0.2) is 4.39 Å². The molecule has 1 saturated heterocycles. The van der Waals surface area contributed by atoms with Crippen molar-refractivity contribution in [3.05, 3.63) is 34.6 Å². The lowest BCUT2D eigenvalue weighted by atomic mass is 9.80. The summed E-state index contributed by atoms with van der Waals surface area (Å²) in [6.07, 6.45) is 1.32. The van der Waals surface area contributed by atoms with Gasteiger partial charge in [0.15, 0.2) is 0 Å². The van der Waals surface area contributed by atoms with Crippen LogP contribution in [0.2, 0.25) is 5.02 Å². The van der Waals surface area contributed by atoms with Crippen molar-refractivity contribution in [3.63, 3.8) is 0 Å². The predicted octanol–water partition coefficient (Wildman–Crippen LogP) is 3.09. The van der Waals surface area contributed by atoms with E-state index in [1.165, 1.54) is 0 Å². The topological polar surface area (TPSA) is 32.7 Å². The van der Waals surface area contributed by atoms with Gasteiger partial charge in [-0.15, -0.1) is 0 Å². The number of likely N-dealkylation sites (tertiary alicyclic amines) is 1. The third kappa shape index (κ3) is 3.95. The first-order valence-electron chi connectivity index (χ1n) is 7.33. The molecule has 1 aromatic rings. The van der Waals surface area contributed by atoms with Crippen molar-refractivity contribution in [2.24, 2.45) is 5.92 Å². The average Bonchev–Trinajstić information content (AvgIpc) is 2.46. The summed E-state index contributed by atoms with van der Waals surface area (Å²) in [5, 5.41) is 10.8. The summed E-state index contributed by atoms with van der Waals surface area (Å²) in [7, 11) is 1.64.